The SMILES string of the molecule is C=C1c2c(ccc3c2C(CC)C=C3)SC1Nc1cc(C(N)=O)ccc1OC(C)C. The minimum absolute atomic E-state index is 0.0197. The Bertz CT molecular complexity index is 1030. The van der Waals surface area contributed by atoms with Gasteiger partial charge < -0.3 is 15.8 Å². The molecular formula is C24H26N2O2S. The topological polar surface area (TPSA) is 64.3 Å². The van der Waals surface area contributed by atoms with E-state index in [2.05, 4.69) is 43.1 Å². The molecule has 150 valence electrons. The third-order valence-corrected chi connectivity index (χ3v) is 6.59. The van der Waals surface area contributed by atoms with Crippen LogP contribution in [0.3, 0.4) is 0 Å². The molecule has 0 radical (unpaired) electrons. The number of rotatable bonds is 6. The molecule has 2 aromatic carbocycles. The molecule has 1 amide bonds. The number of nitrogens with two attached hydrogens (primary N) is 1. The van der Waals surface area contributed by atoms with Crippen LogP contribution < -0.4 is 15.8 Å². The highest BCUT2D eigenvalue weighted by Gasteiger charge is 2.33. The minimum atomic E-state index is -0.458. The van der Waals surface area contributed by atoms with Crippen molar-refractivity contribution >= 4 is 35.0 Å². The van der Waals surface area contributed by atoms with Crippen LogP contribution in [0.25, 0.3) is 11.6 Å². The van der Waals surface area contributed by atoms with Gasteiger partial charge in [-0.25, -0.2) is 0 Å². The maximum Gasteiger partial charge on any atom is 0.248 e. The van der Waals surface area contributed by atoms with E-state index in [-0.39, 0.29) is 11.5 Å². The lowest BCUT2D eigenvalue weighted by molar-refractivity contribution is 0.100. The highest BCUT2D eigenvalue weighted by molar-refractivity contribution is 8.01. The third-order valence-electron chi connectivity index (χ3n) is 5.36. The fourth-order valence-electron chi connectivity index (χ4n) is 3.99. The van der Waals surface area contributed by atoms with Gasteiger partial charge in [-0.15, -0.1) is 0 Å². The van der Waals surface area contributed by atoms with Crippen molar-refractivity contribution in [2.45, 2.75) is 49.5 Å². The molecule has 1 heterocycles. The molecule has 0 saturated heterocycles. The van der Waals surface area contributed by atoms with E-state index in [9.17, 15) is 4.79 Å². The second-order valence-corrected chi connectivity index (χ2v) is 8.87. The molecule has 1 aliphatic carbocycles. The van der Waals surface area contributed by atoms with Crippen molar-refractivity contribution in [2.24, 2.45) is 5.73 Å². The predicted octanol–water partition coefficient (Wildman–Crippen LogP) is 5.65. The lowest BCUT2D eigenvalue weighted by atomic mass is 9.90. The molecule has 2 aliphatic rings. The third kappa shape index (κ3) is 3.55. The molecule has 2 aromatic rings. The molecule has 1 aliphatic heterocycles. The molecule has 4 rings (SSSR count). The summed E-state index contributed by atoms with van der Waals surface area (Å²) in [7, 11) is 0. The number of carbonyl (C=O) groups is 1. The van der Waals surface area contributed by atoms with E-state index >= 15 is 0 Å². The van der Waals surface area contributed by atoms with E-state index in [1.54, 1.807) is 30.0 Å². The van der Waals surface area contributed by atoms with Crippen LogP contribution in [-0.4, -0.2) is 17.4 Å². The zero-order valence-electron chi connectivity index (χ0n) is 17.0. The summed E-state index contributed by atoms with van der Waals surface area (Å²) in [5, 5.41) is 3.51. The first-order valence-electron chi connectivity index (χ1n) is 9.97. The van der Waals surface area contributed by atoms with Crippen molar-refractivity contribution in [3.63, 3.8) is 0 Å². The lowest BCUT2D eigenvalue weighted by Gasteiger charge is -2.20. The van der Waals surface area contributed by atoms with Crippen LogP contribution in [0.5, 0.6) is 5.75 Å². The standard InChI is InChI=1S/C24H26N2O2S/c1-5-15-6-7-16-9-11-20-21(22(15)16)14(4)24(29-20)26-18-12-17(23(25)27)8-10-19(18)28-13(2)3/h6-13,15,24,26H,4-5H2,1-3H3,(H2,25,27). The van der Waals surface area contributed by atoms with Crippen molar-refractivity contribution < 1.29 is 9.53 Å². The number of anilines is 1. The molecule has 2 unspecified atom stereocenters. The second kappa shape index (κ2) is 7.64. The van der Waals surface area contributed by atoms with Gasteiger partial charge in [-0.05, 0) is 66.8 Å². The summed E-state index contributed by atoms with van der Waals surface area (Å²) in [5.41, 5.74) is 11.7. The average Bonchev–Trinajstić information content (AvgIpc) is 3.23. The first-order valence-corrected chi connectivity index (χ1v) is 10.8. The maximum atomic E-state index is 11.7. The van der Waals surface area contributed by atoms with Crippen molar-refractivity contribution in [1.29, 1.82) is 0 Å². The smallest absolute Gasteiger partial charge is 0.248 e. The Labute approximate surface area is 176 Å². The Morgan fingerprint density at radius 3 is 2.79 bits per heavy atom. The van der Waals surface area contributed by atoms with Gasteiger partial charge in [0, 0.05) is 16.4 Å². The number of thioether (sulfide) groups is 1. The first kappa shape index (κ1) is 19.6. The van der Waals surface area contributed by atoms with Crippen molar-refractivity contribution in [3.05, 3.63) is 65.2 Å². The summed E-state index contributed by atoms with van der Waals surface area (Å²) in [6.45, 7) is 10.6. The minimum Gasteiger partial charge on any atom is -0.489 e. The van der Waals surface area contributed by atoms with Gasteiger partial charge in [0.15, 0.2) is 0 Å². The number of fused-ring (bicyclic) bond motifs is 3. The van der Waals surface area contributed by atoms with Gasteiger partial charge in [-0.1, -0.05) is 43.5 Å². The molecule has 3 N–H and O–H groups in total. The molecule has 0 bridgehead atoms. The van der Waals surface area contributed by atoms with Crippen LogP contribution in [0.15, 0.2) is 47.9 Å². The Balaban J connectivity index is 1.67. The molecule has 0 fully saturated rings. The van der Waals surface area contributed by atoms with Gasteiger partial charge in [0.05, 0.1) is 11.8 Å². The highest BCUT2D eigenvalue weighted by atomic mass is 32.2. The second-order valence-electron chi connectivity index (χ2n) is 7.72. The molecule has 4 nitrogen and oxygen atoms in total. The lowest BCUT2D eigenvalue weighted by Crippen LogP contribution is -2.17. The Kier molecular flexibility index (Phi) is 5.17. The van der Waals surface area contributed by atoms with Crippen molar-refractivity contribution in [1.82, 2.24) is 0 Å². The average molecular weight is 407 g/mol. The molecule has 0 saturated carbocycles. The van der Waals surface area contributed by atoms with Crippen LogP contribution in [-0.2, 0) is 0 Å². The Hall–Kier alpha value is -2.66. The van der Waals surface area contributed by atoms with Gasteiger partial charge in [0.25, 0.3) is 0 Å². The molecule has 2 atom stereocenters. The van der Waals surface area contributed by atoms with Crippen molar-refractivity contribution in [3.8, 4) is 5.75 Å². The summed E-state index contributed by atoms with van der Waals surface area (Å²) >= 11 is 1.75. The van der Waals surface area contributed by atoms with E-state index in [1.807, 2.05) is 13.8 Å². The van der Waals surface area contributed by atoms with E-state index in [0.717, 1.165) is 17.7 Å². The predicted molar refractivity (Wildman–Crippen MR) is 122 cm³/mol. The molecule has 0 spiro atoms. The maximum absolute atomic E-state index is 11.7. The van der Waals surface area contributed by atoms with Gasteiger partial charge in [-0.2, -0.15) is 0 Å². The summed E-state index contributed by atoms with van der Waals surface area (Å²) in [4.78, 5) is 12.9. The summed E-state index contributed by atoms with van der Waals surface area (Å²) in [6.07, 6.45) is 5.59. The van der Waals surface area contributed by atoms with E-state index in [4.69, 9.17) is 10.5 Å². The zero-order valence-corrected chi connectivity index (χ0v) is 17.8. The molecule has 29 heavy (non-hydrogen) atoms. The Morgan fingerprint density at radius 1 is 1.31 bits per heavy atom. The van der Waals surface area contributed by atoms with Gasteiger partial charge in [0.1, 0.15) is 11.1 Å². The highest BCUT2D eigenvalue weighted by Crippen LogP contribution is 2.51. The van der Waals surface area contributed by atoms with Gasteiger partial charge in [-0.3, -0.25) is 4.79 Å². The van der Waals surface area contributed by atoms with Crippen molar-refractivity contribution in [2.75, 3.05) is 5.32 Å². The quantitative estimate of drug-likeness (QED) is 0.651. The van der Waals surface area contributed by atoms with Gasteiger partial charge in [0.2, 0.25) is 5.91 Å². The summed E-state index contributed by atoms with van der Waals surface area (Å²) in [6, 6.07) is 9.63. The molecule has 0 aromatic heterocycles. The number of primary amides is 1. The largest absolute Gasteiger partial charge is 0.489 e. The number of ether oxygens (including phenoxy) is 1. The number of hydrogen-bond donors (Lipinski definition) is 2. The number of allylic oxidation sites excluding steroid dienone is 1. The van der Waals surface area contributed by atoms with Crippen LogP contribution in [0.2, 0.25) is 0 Å². The summed E-state index contributed by atoms with van der Waals surface area (Å²) < 4.78 is 5.95. The van der Waals surface area contributed by atoms with Crippen LogP contribution in [0.1, 0.15) is 60.2 Å². The number of carbonyl (C=O) groups excluding carboxylic acids is 1. The van der Waals surface area contributed by atoms with Crippen LogP contribution in [0.4, 0.5) is 5.69 Å². The molecular weight excluding hydrogens is 380 g/mol. The van der Waals surface area contributed by atoms with E-state index < -0.39 is 5.91 Å². The Morgan fingerprint density at radius 2 is 2.10 bits per heavy atom. The van der Waals surface area contributed by atoms with Crippen LogP contribution >= 0.6 is 11.8 Å². The fraction of sp³-hybridized carbons (Fsp3) is 0.292. The number of amides is 1. The number of benzene rings is 2. The fourth-order valence-corrected chi connectivity index (χ4v) is 5.19. The zero-order chi connectivity index (χ0) is 20.7. The monoisotopic (exact) mass is 406 g/mol. The summed E-state index contributed by atoms with van der Waals surface area (Å²) in [5.74, 6) is 0.682. The van der Waals surface area contributed by atoms with Gasteiger partial charge >= 0.3 is 0 Å². The number of nitrogens with one attached hydrogen (secondary N) is 1. The van der Waals surface area contributed by atoms with E-state index in [1.165, 1.54) is 21.6 Å². The van der Waals surface area contributed by atoms with Crippen LogP contribution in [0, 0.1) is 0 Å². The van der Waals surface area contributed by atoms with E-state index in [0.29, 0.717) is 17.2 Å². The first-order chi connectivity index (χ1) is 13.9. The number of hydrogen-bond acceptors (Lipinski definition) is 4. The normalized spacial score (nSPS) is 19.4. The molecule has 5 heteroatoms.